The van der Waals surface area contributed by atoms with Crippen molar-refractivity contribution in [3.8, 4) is 0 Å². The van der Waals surface area contributed by atoms with Crippen molar-refractivity contribution in [2.24, 2.45) is 5.92 Å². The molecular formula is C13H18ClNO2S. The number of aliphatic hydroxyl groups excluding tert-OH is 1. The molecule has 18 heavy (non-hydrogen) atoms. The fourth-order valence-electron chi connectivity index (χ4n) is 2.35. The standard InChI is InChI=1S/C13H18ClNO2S/c1-8-7-18-12(11(8)14)13(17)15-6-9-3-2-4-10(16)5-9/h7,9-10,16H,2-6H2,1H3,(H,15,17). The molecule has 0 aliphatic heterocycles. The lowest BCUT2D eigenvalue weighted by Gasteiger charge is -2.25. The summed E-state index contributed by atoms with van der Waals surface area (Å²) in [6, 6.07) is 0. The maximum absolute atomic E-state index is 12.0. The summed E-state index contributed by atoms with van der Waals surface area (Å²) >= 11 is 7.44. The molecule has 0 saturated heterocycles. The first-order valence-electron chi connectivity index (χ1n) is 6.27. The van der Waals surface area contributed by atoms with Gasteiger partial charge in [-0.05, 0) is 43.0 Å². The molecule has 1 amide bonds. The highest BCUT2D eigenvalue weighted by atomic mass is 35.5. The minimum atomic E-state index is -0.201. The van der Waals surface area contributed by atoms with Crippen LogP contribution in [0.1, 0.15) is 40.9 Å². The Morgan fingerprint density at radius 2 is 2.39 bits per heavy atom. The number of hydrogen-bond donors (Lipinski definition) is 2. The Balaban J connectivity index is 1.86. The van der Waals surface area contributed by atoms with E-state index in [4.69, 9.17) is 11.6 Å². The molecule has 0 spiro atoms. The van der Waals surface area contributed by atoms with E-state index < -0.39 is 0 Å². The number of halogens is 1. The molecule has 0 aromatic carbocycles. The van der Waals surface area contributed by atoms with Crippen molar-refractivity contribution in [3.05, 3.63) is 20.8 Å². The lowest BCUT2D eigenvalue weighted by molar-refractivity contribution is 0.0876. The zero-order valence-corrected chi connectivity index (χ0v) is 12.0. The van der Waals surface area contributed by atoms with Crippen molar-refractivity contribution in [3.63, 3.8) is 0 Å². The van der Waals surface area contributed by atoms with E-state index in [-0.39, 0.29) is 12.0 Å². The highest BCUT2D eigenvalue weighted by molar-refractivity contribution is 7.13. The number of rotatable bonds is 3. The molecule has 1 aromatic rings. The van der Waals surface area contributed by atoms with Crippen LogP contribution in [-0.2, 0) is 0 Å². The van der Waals surface area contributed by atoms with Gasteiger partial charge in [-0.15, -0.1) is 11.3 Å². The second-order valence-electron chi connectivity index (χ2n) is 4.96. The van der Waals surface area contributed by atoms with Gasteiger partial charge in [-0.3, -0.25) is 4.79 Å². The van der Waals surface area contributed by atoms with Gasteiger partial charge in [-0.1, -0.05) is 18.0 Å². The Hall–Kier alpha value is -0.580. The first kappa shape index (κ1) is 13.8. The van der Waals surface area contributed by atoms with Crippen molar-refractivity contribution in [2.75, 3.05) is 6.54 Å². The van der Waals surface area contributed by atoms with Gasteiger partial charge in [0.05, 0.1) is 11.1 Å². The Bertz CT molecular complexity index is 433. The fraction of sp³-hybridized carbons (Fsp3) is 0.615. The maximum Gasteiger partial charge on any atom is 0.262 e. The van der Waals surface area contributed by atoms with Crippen LogP contribution in [0.25, 0.3) is 0 Å². The summed E-state index contributed by atoms with van der Waals surface area (Å²) in [6.45, 7) is 2.52. The monoisotopic (exact) mass is 287 g/mol. The summed E-state index contributed by atoms with van der Waals surface area (Å²) in [5, 5.41) is 14.9. The highest BCUT2D eigenvalue weighted by Crippen LogP contribution is 2.27. The first-order valence-corrected chi connectivity index (χ1v) is 7.53. The molecule has 2 N–H and O–H groups in total. The number of nitrogens with one attached hydrogen (secondary N) is 1. The van der Waals surface area contributed by atoms with Crippen LogP contribution >= 0.6 is 22.9 Å². The third-order valence-electron chi connectivity index (χ3n) is 3.41. The molecule has 2 atom stereocenters. The van der Waals surface area contributed by atoms with Gasteiger partial charge in [0.15, 0.2) is 0 Å². The smallest absolute Gasteiger partial charge is 0.262 e. The molecule has 100 valence electrons. The molecular weight excluding hydrogens is 270 g/mol. The van der Waals surface area contributed by atoms with Crippen molar-refractivity contribution in [1.29, 1.82) is 0 Å². The number of hydrogen-bond acceptors (Lipinski definition) is 3. The number of thiophene rings is 1. The van der Waals surface area contributed by atoms with E-state index in [9.17, 15) is 9.90 Å². The number of aryl methyl sites for hydroxylation is 1. The van der Waals surface area contributed by atoms with E-state index >= 15 is 0 Å². The summed E-state index contributed by atoms with van der Waals surface area (Å²) in [5.41, 5.74) is 0.944. The highest BCUT2D eigenvalue weighted by Gasteiger charge is 2.21. The third-order valence-corrected chi connectivity index (χ3v) is 5.11. The third kappa shape index (κ3) is 3.25. The van der Waals surface area contributed by atoms with E-state index in [0.29, 0.717) is 22.4 Å². The van der Waals surface area contributed by atoms with E-state index in [1.54, 1.807) is 0 Å². The number of carbonyl (C=O) groups excluding carboxylic acids is 1. The number of carbonyl (C=O) groups is 1. The maximum atomic E-state index is 12.0. The van der Waals surface area contributed by atoms with E-state index in [1.807, 2.05) is 12.3 Å². The van der Waals surface area contributed by atoms with Crippen molar-refractivity contribution >= 4 is 28.8 Å². The SMILES string of the molecule is Cc1csc(C(=O)NCC2CCCC(O)C2)c1Cl. The summed E-state index contributed by atoms with van der Waals surface area (Å²) in [5.74, 6) is 0.288. The Morgan fingerprint density at radius 1 is 1.61 bits per heavy atom. The van der Waals surface area contributed by atoms with Gasteiger partial charge >= 0.3 is 0 Å². The van der Waals surface area contributed by atoms with Crippen molar-refractivity contribution in [1.82, 2.24) is 5.32 Å². The topological polar surface area (TPSA) is 49.3 Å². The normalized spacial score (nSPS) is 23.9. The minimum Gasteiger partial charge on any atom is -0.393 e. The molecule has 5 heteroatoms. The number of aliphatic hydroxyl groups is 1. The van der Waals surface area contributed by atoms with Gasteiger partial charge in [0.2, 0.25) is 0 Å². The molecule has 1 saturated carbocycles. The number of amides is 1. The Labute approximate surface area is 116 Å². The van der Waals surface area contributed by atoms with Gasteiger partial charge in [0.1, 0.15) is 4.88 Å². The van der Waals surface area contributed by atoms with Crippen LogP contribution in [0.4, 0.5) is 0 Å². The van der Waals surface area contributed by atoms with E-state index in [2.05, 4.69) is 5.32 Å². The molecule has 0 radical (unpaired) electrons. The molecule has 2 rings (SSSR count). The minimum absolute atomic E-state index is 0.0989. The Kier molecular flexibility index (Phi) is 4.65. The van der Waals surface area contributed by atoms with Crippen LogP contribution in [-0.4, -0.2) is 23.7 Å². The second kappa shape index (κ2) is 6.04. The predicted octanol–water partition coefficient (Wildman–Crippen LogP) is 2.99. The van der Waals surface area contributed by atoms with E-state index in [0.717, 1.165) is 31.2 Å². The summed E-state index contributed by atoms with van der Waals surface area (Å²) in [7, 11) is 0. The summed E-state index contributed by atoms with van der Waals surface area (Å²) in [6.07, 6.45) is 3.60. The average Bonchev–Trinajstić information content (AvgIpc) is 2.67. The summed E-state index contributed by atoms with van der Waals surface area (Å²) < 4.78 is 0. The molecule has 1 aromatic heterocycles. The zero-order chi connectivity index (χ0) is 13.1. The molecule has 2 unspecified atom stereocenters. The van der Waals surface area contributed by atoms with Crippen LogP contribution in [0, 0.1) is 12.8 Å². The molecule has 1 heterocycles. The molecule has 3 nitrogen and oxygen atoms in total. The quantitative estimate of drug-likeness (QED) is 0.898. The predicted molar refractivity (Wildman–Crippen MR) is 74.4 cm³/mol. The van der Waals surface area contributed by atoms with Crippen molar-refractivity contribution < 1.29 is 9.90 Å². The lowest BCUT2D eigenvalue weighted by atomic mass is 9.87. The largest absolute Gasteiger partial charge is 0.393 e. The molecule has 1 fully saturated rings. The average molecular weight is 288 g/mol. The lowest BCUT2D eigenvalue weighted by Crippen LogP contribution is -2.32. The molecule has 1 aliphatic rings. The van der Waals surface area contributed by atoms with Crippen LogP contribution in [0.5, 0.6) is 0 Å². The second-order valence-corrected chi connectivity index (χ2v) is 6.22. The van der Waals surface area contributed by atoms with Gasteiger partial charge in [0.25, 0.3) is 5.91 Å². The molecule has 0 bridgehead atoms. The Morgan fingerprint density at radius 3 is 3.00 bits per heavy atom. The van der Waals surface area contributed by atoms with Crippen LogP contribution in [0.2, 0.25) is 5.02 Å². The molecule has 1 aliphatic carbocycles. The zero-order valence-electron chi connectivity index (χ0n) is 10.4. The van der Waals surface area contributed by atoms with Crippen LogP contribution in [0.15, 0.2) is 5.38 Å². The van der Waals surface area contributed by atoms with Gasteiger partial charge < -0.3 is 10.4 Å². The van der Waals surface area contributed by atoms with Crippen molar-refractivity contribution in [2.45, 2.75) is 38.7 Å². The van der Waals surface area contributed by atoms with E-state index in [1.165, 1.54) is 11.3 Å². The van der Waals surface area contributed by atoms with Gasteiger partial charge in [-0.2, -0.15) is 0 Å². The van der Waals surface area contributed by atoms with Crippen LogP contribution in [0.3, 0.4) is 0 Å². The van der Waals surface area contributed by atoms with Crippen LogP contribution < -0.4 is 5.32 Å². The summed E-state index contributed by atoms with van der Waals surface area (Å²) in [4.78, 5) is 12.5. The first-order chi connectivity index (χ1) is 8.58. The fourth-order valence-corrected chi connectivity index (χ4v) is 3.54. The van der Waals surface area contributed by atoms with Gasteiger partial charge in [0, 0.05) is 6.54 Å². The van der Waals surface area contributed by atoms with Gasteiger partial charge in [-0.25, -0.2) is 0 Å².